The van der Waals surface area contributed by atoms with Gasteiger partial charge in [-0.3, -0.25) is 9.69 Å². The molecule has 3 nitrogen and oxygen atoms in total. The van der Waals surface area contributed by atoms with Gasteiger partial charge in [0, 0.05) is 43.8 Å². The normalized spacial score (nSPS) is 16.7. The summed E-state index contributed by atoms with van der Waals surface area (Å²) in [7, 11) is 0. The molecule has 0 bridgehead atoms. The molecule has 1 saturated heterocycles. The molecule has 4 heteroatoms. The summed E-state index contributed by atoms with van der Waals surface area (Å²) in [5.74, 6) is 0.759. The van der Waals surface area contributed by atoms with E-state index in [2.05, 4.69) is 18.7 Å². The zero-order chi connectivity index (χ0) is 16.1. The standard InChI is InChI=1S/C18H25ClN2O/c1-14(2)13-20-8-10-21(11-9-20)18(22)7-6-16-5-4-15(3)17(19)12-16/h4-7,12,14H,8-11,13H2,1-3H3/b7-6+. The van der Waals surface area contributed by atoms with Gasteiger partial charge in [0.05, 0.1) is 0 Å². The van der Waals surface area contributed by atoms with Gasteiger partial charge in [0.15, 0.2) is 0 Å². The van der Waals surface area contributed by atoms with E-state index >= 15 is 0 Å². The molecular weight excluding hydrogens is 296 g/mol. The summed E-state index contributed by atoms with van der Waals surface area (Å²) >= 11 is 6.10. The lowest BCUT2D eigenvalue weighted by Crippen LogP contribution is -2.49. The predicted molar refractivity (Wildman–Crippen MR) is 93.1 cm³/mol. The number of hydrogen-bond acceptors (Lipinski definition) is 2. The lowest BCUT2D eigenvalue weighted by molar-refractivity contribution is -0.127. The summed E-state index contributed by atoms with van der Waals surface area (Å²) in [5.41, 5.74) is 2.01. The molecule has 0 N–H and O–H groups in total. The number of piperazine rings is 1. The van der Waals surface area contributed by atoms with Crippen molar-refractivity contribution < 1.29 is 4.79 Å². The van der Waals surface area contributed by atoms with Crippen LogP contribution >= 0.6 is 11.6 Å². The number of hydrogen-bond donors (Lipinski definition) is 0. The molecule has 1 aliphatic heterocycles. The van der Waals surface area contributed by atoms with Crippen molar-refractivity contribution in [2.24, 2.45) is 5.92 Å². The highest BCUT2D eigenvalue weighted by atomic mass is 35.5. The number of aryl methyl sites for hydroxylation is 1. The van der Waals surface area contributed by atoms with Gasteiger partial charge in [-0.05, 0) is 36.1 Å². The molecule has 1 heterocycles. The quantitative estimate of drug-likeness (QED) is 0.793. The smallest absolute Gasteiger partial charge is 0.246 e. The summed E-state index contributed by atoms with van der Waals surface area (Å²) in [4.78, 5) is 16.6. The fourth-order valence-electron chi connectivity index (χ4n) is 2.65. The predicted octanol–water partition coefficient (Wildman–Crippen LogP) is 3.46. The van der Waals surface area contributed by atoms with Gasteiger partial charge in [0.25, 0.3) is 0 Å². The minimum absolute atomic E-state index is 0.0842. The third-order valence-electron chi connectivity index (χ3n) is 3.92. The van der Waals surface area contributed by atoms with Crippen molar-refractivity contribution in [2.45, 2.75) is 20.8 Å². The lowest BCUT2D eigenvalue weighted by atomic mass is 10.1. The second-order valence-electron chi connectivity index (χ2n) is 6.36. The Balaban J connectivity index is 1.87. The lowest BCUT2D eigenvalue weighted by Gasteiger charge is -2.35. The second kappa shape index (κ2) is 7.80. The summed E-state index contributed by atoms with van der Waals surface area (Å²) in [6, 6.07) is 5.84. The molecular formula is C18H25ClN2O. The van der Waals surface area contributed by atoms with E-state index in [-0.39, 0.29) is 5.91 Å². The Bertz CT molecular complexity index is 546. The Morgan fingerprint density at radius 2 is 1.95 bits per heavy atom. The van der Waals surface area contributed by atoms with Gasteiger partial charge in [0.1, 0.15) is 0 Å². The van der Waals surface area contributed by atoms with Gasteiger partial charge in [0.2, 0.25) is 5.91 Å². The van der Waals surface area contributed by atoms with Gasteiger partial charge >= 0.3 is 0 Å². The van der Waals surface area contributed by atoms with E-state index in [9.17, 15) is 4.79 Å². The largest absolute Gasteiger partial charge is 0.337 e. The van der Waals surface area contributed by atoms with Crippen LogP contribution in [0.4, 0.5) is 0 Å². The van der Waals surface area contributed by atoms with Crippen LogP contribution < -0.4 is 0 Å². The molecule has 0 radical (unpaired) electrons. The SMILES string of the molecule is Cc1ccc(/C=C/C(=O)N2CCN(CC(C)C)CC2)cc1Cl. The van der Waals surface area contributed by atoms with Crippen molar-refractivity contribution in [3.05, 3.63) is 40.4 Å². The van der Waals surface area contributed by atoms with Gasteiger partial charge in [-0.1, -0.05) is 37.6 Å². The van der Waals surface area contributed by atoms with Crippen LogP contribution in [0.5, 0.6) is 0 Å². The third-order valence-corrected chi connectivity index (χ3v) is 4.33. The molecule has 1 amide bonds. The van der Waals surface area contributed by atoms with Gasteiger partial charge < -0.3 is 4.90 Å². The minimum atomic E-state index is 0.0842. The van der Waals surface area contributed by atoms with Gasteiger partial charge in [-0.25, -0.2) is 0 Å². The first-order valence-corrected chi connectivity index (χ1v) is 8.29. The topological polar surface area (TPSA) is 23.6 Å². The van der Waals surface area contributed by atoms with Crippen LogP contribution in [0.1, 0.15) is 25.0 Å². The molecule has 0 saturated carbocycles. The highest BCUT2D eigenvalue weighted by Gasteiger charge is 2.19. The first kappa shape index (κ1) is 17.0. The first-order chi connectivity index (χ1) is 10.5. The molecule has 1 aromatic carbocycles. The molecule has 0 unspecified atom stereocenters. The summed E-state index contributed by atoms with van der Waals surface area (Å²) < 4.78 is 0. The molecule has 120 valence electrons. The highest BCUT2D eigenvalue weighted by Crippen LogP contribution is 2.17. The van der Waals surface area contributed by atoms with E-state index in [0.29, 0.717) is 5.92 Å². The first-order valence-electron chi connectivity index (χ1n) is 7.91. The van der Waals surface area contributed by atoms with Crippen LogP contribution in [0.2, 0.25) is 5.02 Å². The Morgan fingerprint density at radius 1 is 1.27 bits per heavy atom. The number of amides is 1. The molecule has 1 aliphatic rings. The van der Waals surface area contributed by atoms with Crippen molar-refractivity contribution >= 4 is 23.6 Å². The Kier molecular flexibility index (Phi) is 6.04. The molecule has 22 heavy (non-hydrogen) atoms. The van der Waals surface area contributed by atoms with Crippen LogP contribution in [0.3, 0.4) is 0 Å². The fraction of sp³-hybridized carbons (Fsp3) is 0.500. The average Bonchev–Trinajstić information content (AvgIpc) is 2.48. The summed E-state index contributed by atoms with van der Waals surface area (Å²) in [6.45, 7) is 11.1. The number of benzene rings is 1. The zero-order valence-electron chi connectivity index (χ0n) is 13.7. The average molecular weight is 321 g/mol. The minimum Gasteiger partial charge on any atom is -0.337 e. The van der Waals surface area contributed by atoms with E-state index in [4.69, 9.17) is 11.6 Å². The van der Waals surface area contributed by atoms with Crippen LogP contribution in [0.15, 0.2) is 24.3 Å². The van der Waals surface area contributed by atoms with E-state index < -0.39 is 0 Å². The summed E-state index contributed by atoms with van der Waals surface area (Å²) in [6.07, 6.45) is 3.49. The van der Waals surface area contributed by atoms with Crippen molar-refractivity contribution in [3.63, 3.8) is 0 Å². The maximum atomic E-state index is 12.2. The molecule has 0 aliphatic carbocycles. The molecule has 0 atom stereocenters. The van der Waals surface area contributed by atoms with Crippen LogP contribution in [-0.4, -0.2) is 48.4 Å². The zero-order valence-corrected chi connectivity index (χ0v) is 14.4. The molecule has 1 aromatic rings. The van der Waals surface area contributed by atoms with Gasteiger partial charge in [-0.15, -0.1) is 0 Å². The van der Waals surface area contributed by atoms with Crippen LogP contribution in [-0.2, 0) is 4.79 Å². The van der Waals surface area contributed by atoms with Crippen molar-refractivity contribution in [1.29, 1.82) is 0 Å². The second-order valence-corrected chi connectivity index (χ2v) is 6.77. The van der Waals surface area contributed by atoms with E-state index in [1.54, 1.807) is 6.08 Å². The van der Waals surface area contributed by atoms with Crippen molar-refractivity contribution in [2.75, 3.05) is 32.7 Å². The molecule has 0 spiro atoms. The van der Waals surface area contributed by atoms with E-state index in [0.717, 1.165) is 48.9 Å². The highest BCUT2D eigenvalue weighted by molar-refractivity contribution is 6.31. The maximum absolute atomic E-state index is 12.2. The maximum Gasteiger partial charge on any atom is 0.246 e. The molecule has 0 aromatic heterocycles. The number of halogens is 1. The van der Waals surface area contributed by atoms with E-state index in [1.807, 2.05) is 36.1 Å². The van der Waals surface area contributed by atoms with E-state index in [1.165, 1.54) is 0 Å². The fourth-order valence-corrected chi connectivity index (χ4v) is 2.84. The number of rotatable bonds is 4. The monoisotopic (exact) mass is 320 g/mol. The Labute approximate surface area is 138 Å². The van der Waals surface area contributed by atoms with Crippen LogP contribution in [0, 0.1) is 12.8 Å². The number of carbonyl (C=O) groups excluding carboxylic acids is 1. The van der Waals surface area contributed by atoms with Gasteiger partial charge in [-0.2, -0.15) is 0 Å². The van der Waals surface area contributed by atoms with Crippen molar-refractivity contribution in [3.8, 4) is 0 Å². The molecule has 2 rings (SSSR count). The third kappa shape index (κ3) is 4.85. The Morgan fingerprint density at radius 3 is 2.55 bits per heavy atom. The number of nitrogens with zero attached hydrogens (tertiary/aromatic N) is 2. The van der Waals surface area contributed by atoms with Crippen LogP contribution in [0.25, 0.3) is 6.08 Å². The molecule has 1 fully saturated rings. The Hall–Kier alpha value is -1.32. The number of carbonyl (C=O) groups is 1. The van der Waals surface area contributed by atoms with Crippen molar-refractivity contribution in [1.82, 2.24) is 9.80 Å². The summed E-state index contributed by atoms with van der Waals surface area (Å²) in [5, 5.41) is 0.733.